The van der Waals surface area contributed by atoms with E-state index in [1.165, 1.54) is 0 Å². The highest BCUT2D eigenvalue weighted by atomic mass is 35.5. The molecule has 0 fully saturated rings. The minimum Gasteiger partial charge on any atom is -0.376 e. The van der Waals surface area contributed by atoms with Crippen LogP contribution in [0.25, 0.3) is 4.98 Å². The van der Waals surface area contributed by atoms with Crippen molar-refractivity contribution in [3.8, 4) is 0 Å². The molecule has 0 heterocycles. The van der Waals surface area contributed by atoms with Crippen LogP contribution in [0.1, 0.15) is 0 Å². The van der Waals surface area contributed by atoms with Crippen LogP contribution in [0, 0.1) is 5.39 Å². The van der Waals surface area contributed by atoms with Gasteiger partial charge in [0.15, 0.2) is 10.00 Å². The molecular weight excluding hydrogens is 244 g/mol. The van der Waals surface area contributed by atoms with Crippen LogP contribution in [-0.2, 0) is 0 Å². The highest BCUT2D eigenvalue weighted by Gasteiger charge is 2.24. The fourth-order valence-corrected chi connectivity index (χ4v) is 1.82. The van der Waals surface area contributed by atoms with Gasteiger partial charge in [-0.05, 0) is 6.07 Å². The molecule has 0 aliphatic carbocycles. The van der Waals surface area contributed by atoms with E-state index in [0.29, 0.717) is 10.7 Å². The van der Waals surface area contributed by atoms with E-state index in [0.717, 1.165) is 0 Å². The predicted molar refractivity (Wildman–Crippen MR) is 60.5 cm³/mol. The Morgan fingerprint density at radius 3 is 2.21 bits per heavy atom. The monoisotopic (exact) mass is 250 g/mol. The molecule has 1 rings (SSSR count). The van der Waals surface area contributed by atoms with Crippen LogP contribution < -0.4 is 4.90 Å². The second kappa shape index (κ2) is 4.22. The van der Waals surface area contributed by atoms with Crippen molar-refractivity contribution in [1.29, 1.82) is 5.39 Å². The molecule has 0 aliphatic heterocycles. The number of nitrogens with zero attached hydrogens (tertiary/aromatic N) is 3. The molecule has 0 N–H and O–H groups in total. The van der Waals surface area contributed by atoms with Crippen LogP contribution in [0.5, 0.6) is 0 Å². The lowest BCUT2D eigenvalue weighted by atomic mass is 10.2. The first-order valence-electron chi connectivity index (χ1n) is 3.69. The van der Waals surface area contributed by atoms with Crippen molar-refractivity contribution in [2.24, 2.45) is 0 Å². The number of diazo groups is 1. The molecule has 0 radical (unpaired) electrons. The maximum absolute atomic E-state index is 8.64. The second-order valence-electron chi connectivity index (χ2n) is 2.85. The lowest BCUT2D eigenvalue weighted by Crippen LogP contribution is -2.09. The zero-order chi connectivity index (χ0) is 10.9. The summed E-state index contributed by atoms with van der Waals surface area (Å²) in [5.74, 6) is 0. The van der Waals surface area contributed by atoms with Crippen molar-refractivity contribution in [3.05, 3.63) is 26.1 Å². The smallest absolute Gasteiger partial charge is 0.376 e. The zero-order valence-electron chi connectivity index (χ0n) is 7.55. The summed E-state index contributed by atoms with van der Waals surface area (Å²) >= 11 is 17.6. The molecule has 0 amide bonds. The van der Waals surface area contributed by atoms with Gasteiger partial charge >= 0.3 is 5.69 Å². The molecule has 0 atom stereocenters. The molecular formula is C8H7Cl3N3+. The third kappa shape index (κ3) is 1.88. The highest BCUT2D eigenvalue weighted by molar-refractivity contribution is 6.47. The van der Waals surface area contributed by atoms with E-state index in [9.17, 15) is 0 Å². The average molecular weight is 252 g/mol. The van der Waals surface area contributed by atoms with E-state index in [4.69, 9.17) is 40.2 Å². The van der Waals surface area contributed by atoms with E-state index in [-0.39, 0.29) is 15.7 Å². The Bertz CT molecular complexity index is 409. The van der Waals surface area contributed by atoms with Gasteiger partial charge in [-0.3, -0.25) is 0 Å². The van der Waals surface area contributed by atoms with Crippen molar-refractivity contribution < 1.29 is 0 Å². The molecule has 0 aliphatic rings. The Balaban J connectivity index is 3.50. The van der Waals surface area contributed by atoms with Gasteiger partial charge in [0.25, 0.3) is 0 Å². The first kappa shape index (κ1) is 11.4. The van der Waals surface area contributed by atoms with Gasteiger partial charge in [0, 0.05) is 14.1 Å². The summed E-state index contributed by atoms with van der Waals surface area (Å²) < 4.78 is 0. The molecule has 1 aromatic rings. The molecule has 0 spiro atoms. The maximum atomic E-state index is 8.64. The van der Waals surface area contributed by atoms with Crippen LogP contribution in [0.4, 0.5) is 11.4 Å². The molecule has 6 heteroatoms. The van der Waals surface area contributed by atoms with Crippen molar-refractivity contribution in [1.82, 2.24) is 0 Å². The first-order chi connectivity index (χ1) is 6.49. The third-order valence-electron chi connectivity index (χ3n) is 1.70. The number of anilines is 1. The molecule has 0 bridgehead atoms. The Morgan fingerprint density at radius 2 is 1.79 bits per heavy atom. The third-order valence-corrected chi connectivity index (χ3v) is 2.83. The molecule has 3 nitrogen and oxygen atoms in total. The topological polar surface area (TPSA) is 31.4 Å². The summed E-state index contributed by atoms with van der Waals surface area (Å²) in [4.78, 5) is 4.73. The number of halogens is 3. The minimum absolute atomic E-state index is 0.0870. The quantitative estimate of drug-likeness (QED) is 0.553. The van der Waals surface area contributed by atoms with E-state index in [2.05, 4.69) is 4.98 Å². The Morgan fingerprint density at radius 1 is 1.21 bits per heavy atom. The van der Waals surface area contributed by atoms with Gasteiger partial charge in [-0.2, -0.15) is 0 Å². The lowest BCUT2D eigenvalue weighted by molar-refractivity contribution is 1.13. The Labute approximate surface area is 96.8 Å². The summed E-state index contributed by atoms with van der Waals surface area (Å²) in [7, 11) is 3.62. The van der Waals surface area contributed by atoms with E-state index in [1.54, 1.807) is 11.0 Å². The number of benzene rings is 1. The molecule has 14 heavy (non-hydrogen) atoms. The fraction of sp³-hybridized carbons (Fsp3) is 0.250. The number of hydrogen-bond acceptors (Lipinski definition) is 2. The minimum atomic E-state index is 0.0870. The Kier molecular flexibility index (Phi) is 3.43. The van der Waals surface area contributed by atoms with Crippen LogP contribution in [0.2, 0.25) is 15.1 Å². The summed E-state index contributed by atoms with van der Waals surface area (Å²) in [5.41, 5.74) is 0.762. The van der Waals surface area contributed by atoms with Gasteiger partial charge in [-0.1, -0.05) is 34.8 Å². The average Bonchev–Trinajstić information content (AvgIpc) is 2.12. The van der Waals surface area contributed by atoms with Gasteiger partial charge in [0.2, 0.25) is 5.39 Å². The fourth-order valence-electron chi connectivity index (χ4n) is 0.990. The van der Waals surface area contributed by atoms with Crippen molar-refractivity contribution in [3.63, 3.8) is 0 Å². The van der Waals surface area contributed by atoms with Gasteiger partial charge in [-0.25, -0.2) is 0 Å². The van der Waals surface area contributed by atoms with Crippen LogP contribution in [0.15, 0.2) is 6.07 Å². The summed E-state index contributed by atoms with van der Waals surface area (Å²) in [6, 6.07) is 1.59. The van der Waals surface area contributed by atoms with Crippen LogP contribution >= 0.6 is 34.8 Å². The standard InChI is InChI=1S/C8H7Cl3N3/c1-14(2)5-3-4(9)8(13-12)7(11)6(5)10/h3H,1-2H3/q+1. The summed E-state index contributed by atoms with van der Waals surface area (Å²) in [6.07, 6.45) is 0. The molecule has 0 aromatic heterocycles. The highest BCUT2D eigenvalue weighted by Crippen LogP contribution is 2.43. The molecule has 1 aromatic carbocycles. The van der Waals surface area contributed by atoms with E-state index in [1.807, 2.05) is 14.1 Å². The number of rotatable bonds is 1. The van der Waals surface area contributed by atoms with Gasteiger partial charge < -0.3 is 4.90 Å². The number of hydrogen-bond donors (Lipinski definition) is 0. The lowest BCUT2D eigenvalue weighted by Gasteiger charge is -2.14. The van der Waals surface area contributed by atoms with E-state index < -0.39 is 0 Å². The van der Waals surface area contributed by atoms with Gasteiger partial charge in [0.1, 0.15) is 5.02 Å². The summed E-state index contributed by atoms with van der Waals surface area (Å²) in [5, 5.41) is 9.35. The largest absolute Gasteiger partial charge is 0.423 e. The first-order valence-corrected chi connectivity index (χ1v) is 4.82. The summed E-state index contributed by atoms with van der Waals surface area (Å²) in [6.45, 7) is 0. The van der Waals surface area contributed by atoms with Crippen LogP contribution in [0.3, 0.4) is 0 Å². The molecule has 74 valence electrons. The zero-order valence-corrected chi connectivity index (χ0v) is 9.82. The van der Waals surface area contributed by atoms with Crippen LogP contribution in [-0.4, -0.2) is 14.1 Å². The SMILES string of the molecule is CN(C)c1cc(Cl)c([N+]#N)c(Cl)c1Cl. The normalized spacial score (nSPS) is 9.71. The van der Waals surface area contributed by atoms with Crippen molar-refractivity contribution in [2.45, 2.75) is 0 Å². The maximum Gasteiger partial charge on any atom is 0.423 e. The predicted octanol–water partition coefficient (Wildman–Crippen LogP) is 4.20. The van der Waals surface area contributed by atoms with Gasteiger partial charge in [0.05, 0.1) is 10.7 Å². The molecule has 0 saturated carbocycles. The van der Waals surface area contributed by atoms with Gasteiger partial charge in [-0.15, -0.1) is 0 Å². The van der Waals surface area contributed by atoms with Crippen molar-refractivity contribution in [2.75, 3.05) is 19.0 Å². The van der Waals surface area contributed by atoms with Crippen molar-refractivity contribution >= 4 is 46.2 Å². The van der Waals surface area contributed by atoms with E-state index >= 15 is 0 Å². The molecule has 0 saturated heterocycles. The Hall–Kier alpha value is -0.690. The second-order valence-corrected chi connectivity index (χ2v) is 4.01. The molecule has 0 unspecified atom stereocenters.